The van der Waals surface area contributed by atoms with Crippen molar-refractivity contribution >= 4 is 23.6 Å². The highest BCUT2D eigenvalue weighted by Gasteiger charge is 2.27. The summed E-state index contributed by atoms with van der Waals surface area (Å²) in [5.74, 6) is -1.01. The van der Waals surface area contributed by atoms with Gasteiger partial charge < -0.3 is 9.64 Å². The van der Waals surface area contributed by atoms with Crippen molar-refractivity contribution in [3.8, 4) is 0 Å². The number of amides is 1. The average Bonchev–Trinajstić information content (AvgIpc) is 2.72. The van der Waals surface area contributed by atoms with E-state index in [9.17, 15) is 19.7 Å². The van der Waals surface area contributed by atoms with E-state index in [4.69, 9.17) is 4.74 Å². The molecule has 0 saturated heterocycles. The van der Waals surface area contributed by atoms with Crippen molar-refractivity contribution in [1.29, 1.82) is 0 Å². The third-order valence-electron chi connectivity index (χ3n) is 4.13. The number of benzene rings is 2. The van der Waals surface area contributed by atoms with Gasteiger partial charge >= 0.3 is 5.97 Å². The predicted molar refractivity (Wildman–Crippen MR) is 105 cm³/mol. The highest BCUT2D eigenvalue weighted by Crippen LogP contribution is 2.21. The van der Waals surface area contributed by atoms with Gasteiger partial charge in [-0.05, 0) is 25.5 Å². The second-order valence-corrected chi connectivity index (χ2v) is 5.92. The maximum Gasteiger partial charge on any atom is 0.331 e. The zero-order valence-electron chi connectivity index (χ0n) is 15.8. The number of likely N-dealkylation sites (N-methyl/N-ethyl adjacent to an activating group) is 1. The van der Waals surface area contributed by atoms with E-state index in [-0.39, 0.29) is 11.6 Å². The minimum Gasteiger partial charge on any atom is -0.444 e. The number of hydrogen-bond donors (Lipinski definition) is 0. The highest BCUT2D eigenvalue weighted by atomic mass is 16.6. The molecule has 0 bridgehead atoms. The van der Waals surface area contributed by atoms with Crippen molar-refractivity contribution in [1.82, 2.24) is 4.90 Å². The maximum absolute atomic E-state index is 12.8. The van der Waals surface area contributed by atoms with Gasteiger partial charge in [-0.1, -0.05) is 42.5 Å². The Morgan fingerprint density at radius 3 is 2.39 bits per heavy atom. The molecule has 1 amide bonds. The summed E-state index contributed by atoms with van der Waals surface area (Å²) in [6.45, 7) is 4.71. The molecule has 0 unspecified atom stereocenters. The zero-order valence-corrected chi connectivity index (χ0v) is 15.8. The number of esters is 1. The van der Waals surface area contributed by atoms with E-state index in [1.165, 1.54) is 24.3 Å². The average molecular weight is 382 g/mol. The van der Waals surface area contributed by atoms with Crippen molar-refractivity contribution in [3.05, 3.63) is 81.9 Å². The Balaban J connectivity index is 2.19. The second kappa shape index (κ2) is 10.0. The van der Waals surface area contributed by atoms with Crippen molar-refractivity contribution in [2.24, 2.45) is 0 Å². The van der Waals surface area contributed by atoms with Crippen molar-refractivity contribution < 1.29 is 19.2 Å². The van der Waals surface area contributed by atoms with Crippen LogP contribution in [0.3, 0.4) is 0 Å². The molecular weight excluding hydrogens is 360 g/mol. The number of carbonyl (C=O) groups is 2. The first-order valence-corrected chi connectivity index (χ1v) is 8.93. The Bertz CT molecular complexity index is 860. The number of non-ortho nitro benzene ring substituents is 1. The van der Waals surface area contributed by atoms with Gasteiger partial charge in [0, 0.05) is 36.9 Å². The van der Waals surface area contributed by atoms with E-state index >= 15 is 0 Å². The summed E-state index contributed by atoms with van der Waals surface area (Å²) in [6.07, 6.45) is 1.52. The summed E-state index contributed by atoms with van der Waals surface area (Å²) >= 11 is 0. The number of nitro groups is 1. The van der Waals surface area contributed by atoms with E-state index in [2.05, 4.69) is 0 Å². The van der Waals surface area contributed by atoms with E-state index < -0.39 is 17.0 Å². The molecule has 0 N–H and O–H groups in total. The molecule has 0 aliphatic carbocycles. The first kappa shape index (κ1) is 20.8. The maximum atomic E-state index is 12.8. The van der Waals surface area contributed by atoms with Crippen LogP contribution in [0.15, 0.2) is 60.7 Å². The van der Waals surface area contributed by atoms with Gasteiger partial charge in [0.2, 0.25) is 6.10 Å². The second-order valence-electron chi connectivity index (χ2n) is 5.92. The molecule has 0 spiro atoms. The Hall–Kier alpha value is -3.48. The standard InChI is InChI=1S/C21H22N2O5/c1-3-22(4-2)21(25)20(17-10-6-5-7-11-17)28-19(24)14-13-16-9-8-12-18(15-16)23(26)27/h5-15,20H,3-4H2,1-2H3/b14-13+/t20-/m0/s1. The summed E-state index contributed by atoms with van der Waals surface area (Å²) in [7, 11) is 0. The molecule has 28 heavy (non-hydrogen) atoms. The fourth-order valence-electron chi connectivity index (χ4n) is 2.65. The molecule has 0 saturated carbocycles. The molecule has 2 rings (SSSR count). The van der Waals surface area contributed by atoms with Crippen LogP contribution in [0, 0.1) is 10.1 Å². The first-order valence-electron chi connectivity index (χ1n) is 8.93. The van der Waals surface area contributed by atoms with Crippen LogP contribution in [-0.4, -0.2) is 34.8 Å². The normalized spacial score (nSPS) is 11.8. The molecule has 0 heterocycles. The molecular formula is C21H22N2O5. The van der Waals surface area contributed by atoms with Crippen LogP contribution in [0.4, 0.5) is 5.69 Å². The zero-order chi connectivity index (χ0) is 20.5. The summed E-state index contributed by atoms with van der Waals surface area (Å²) in [5, 5.41) is 10.8. The van der Waals surface area contributed by atoms with Gasteiger partial charge in [0.15, 0.2) is 0 Å². The molecule has 0 aromatic heterocycles. The number of carbonyl (C=O) groups excluding carboxylic acids is 2. The van der Waals surface area contributed by atoms with Gasteiger partial charge in [-0.2, -0.15) is 0 Å². The van der Waals surface area contributed by atoms with Crippen molar-refractivity contribution in [2.45, 2.75) is 20.0 Å². The molecule has 0 radical (unpaired) electrons. The topological polar surface area (TPSA) is 89.8 Å². The van der Waals surface area contributed by atoms with E-state index in [1.54, 1.807) is 35.2 Å². The lowest BCUT2D eigenvalue weighted by atomic mass is 10.1. The largest absolute Gasteiger partial charge is 0.444 e. The van der Waals surface area contributed by atoms with Crippen LogP contribution >= 0.6 is 0 Å². The molecule has 0 aliphatic heterocycles. The molecule has 2 aromatic carbocycles. The number of ether oxygens (including phenoxy) is 1. The van der Waals surface area contributed by atoms with E-state index in [0.29, 0.717) is 24.2 Å². The lowest BCUT2D eigenvalue weighted by Crippen LogP contribution is -2.36. The van der Waals surface area contributed by atoms with Crippen LogP contribution in [0.5, 0.6) is 0 Å². The minimum absolute atomic E-state index is 0.0746. The summed E-state index contributed by atoms with van der Waals surface area (Å²) in [4.78, 5) is 37.0. The van der Waals surface area contributed by atoms with Gasteiger partial charge in [0.25, 0.3) is 11.6 Å². The van der Waals surface area contributed by atoms with Crippen LogP contribution in [0.1, 0.15) is 31.1 Å². The summed E-state index contributed by atoms with van der Waals surface area (Å²) in [5.41, 5.74) is 0.989. The Morgan fingerprint density at radius 2 is 1.79 bits per heavy atom. The number of hydrogen-bond acceptors (Lipinski definition) is 5. The van der Waals surface area contributed by atoms with E-state index in [1.807, 2.05) is 19.9 Å². The van der Waals surface area contributed by atoms with Gasteiger partial charge in [-0.25, -0.2) is 4.79 Å². The van der Waals surface area contributed by atoms with Crippen molar-refractivity contribution in [3.63, 3.8) is 0 Å². The molecule has 146 valence electrons. The number of nitro benzene ring substituents is 1. The SMILES string of the molecule is CCN(CC)C(=O)[C@@H](OC(=O)/C=C/c1cccc([N+](=O)[O-])c1)c1ccccc1. The van der Waals surface area contributed by atoms with Crippen LogP contribution in [-0.2, 0) is 14.3 Å². The molecule has 1 atom stereocenters. The molecule has 0 fully saturated rings. The molecule has 7 heteroatoms. The molecule has 2 aromatic rings. The van der Waals surface area contributed by atoms with Crippen molar-refractivity contribution in [2.75, 3.05) is 13.1 Å². The van der Waals surface area contributed by atoms with Gasteiger partial charge in [0.1, 0.15) is 0 Å². The Kier molecular flexibility index (Phi) is 7.45. The minimum atomic E-state index is -1.05. The Morgan fingerprint density at radius 1 is 1.11 bits per heavy atom. The highest BCUT2D eigenvalue weighted by molar-refractivity contribution is 5.91. The third-order valence-corrected chi connectivity index (χ3v) is 4.13. The summed E-state index contributed by atoms with van der Waals surface area (Å²) < 4.78 is 5.43. The lowest BCUT2D eigenvalue weighted by Gasteiger charge is -2.25. The van der Waals surface area contributed by atoms with Crippen LogP contribution in [0.2, 0.25) is 0 Å². The van der Waals surface area contributed by atoms with Gasteiger partial charge in [0.05, 0.1) is 4.92 Å². The third kappa shape index (κ3) is 5.51. The molecule has 0 aliphatic rings. The summed E-state index contributed by atoms with van der Waals surface area (Å²) in [6, 6.07) is 14.7. The first-order chi connectivity index (χ1) is 13.5. The fraction of sp³-hybridized carbons (Fsp3) is 0.238. The number of rotatable bonds is 8. The lowest BCUT2D eigenvalue weighted by molar-refractivity contribution is -0.384. The quantitative estimate of drug-likeness (QED) is 0.300. The van der Waals surface area contributed by atoms with Crippen LogP contribution < -0.4 is 0 Å². The predicted octanol–water partition coefficient (Wildman–Crippen LogP) is 3.76. The fourth-order valence-corrected chi connectivity index (χ4v) is 2.65. The van der Waals surface area contributed by atoms with Crippen LogP contribution in [0.25, 0.3) is 6.08 Å². The molecule has 7 nitrogen and oxygen atoms in total. The smallest absolute Gasteiger partial charge is 0.331 e. The number of nitrogens with zero attached hydrogens (tertiary/aromatic N) is 2. The van der Waals surface area contributed by atoms with Gasteiger partial charge in [-0.15, -0.1) is 0 Å². The van der Waals surface area contributed by atoms with E-state index in [0.717, 1.165) is 6.08 Å². The Labute approximate surface area is 163 Å². The monoisotopic (exact) mass is 382 g/mol. The van der Waals surface area contributed by atoms with Gasteiger partial charge in [-0.3, -0.25) is 14.9 Å².